The predicted octanol–water partition coefficient (Wildman–Crippen LogP) is 6.32. The Labute approximate surface area is 134 Å². The van der Waals surface area contributed by atoms with E-state index in [-0.39, 0.29) is 0 Å². The number of hydrogen-bond acceptors (Lipinski definition) is 0. The highest BCUT2D eigenvalue weighted by Crippen LogP contribution is 2.33. The minimum atomic E-state index is 0.710. The summed E-state index contributed by atoms with van der Waals surface area (Å²) in [6.07, 6.45) is 7.54. The molecule has 124 valence electrons. The lowest BCUT2D eigenvalue weighted by atomic mass is 9.91. The van der Waals surface area contributed by atoms with Gasteiger partial charge in [0.25, 0.3) is 0 Å². The van der Waals surface area contributed by atoms with E-state index in [1.165, 1.54) is 37.0 Å². The zero-order valence-corrected chi connectivity index (χ0v) is 16.2. The van der Waals surface area contributed by atoms with Gasteiger partial charge in [0, 0.05) is 17.9 Å². The van der Waals surface area contributed by atoms with E-state index in [9.17, 15) is 0 Å². The Kier molecular flexibility index (Phi) is 9.20. The maximum Gasteiger partial charge on any atom is 0.131 e. The fourth-order valence-corrected chi connectivity index (χ4v) is 3.47. The number of quaternary nitrogens is 1. The number of allylic oxidation sites excluding steroid dienone is 3. The quantitative estimate of drug-likeness (QED) is 0.345. The lowest BCUT2D eigenvalue weighted by molar-refractivity contribution is -0.898. The van der Waals surface area contributed by atoms with Crippen molar-refractivity contribution in [3.63, 3.8) is 0 Å². The van der Waals surface area contributed by atoms with Crippen LogP contribution in [0.2, 0.25) is 0 Å². The van der Waals surface area contributed by atoms with Crippen molar-refractivity contribution in [2.75, 3.05) is 13.6 Å². The molecule has 21 heavy (non-hydrogen) atoms. The molecule has 1 heteroatoms. The maximum atomic E-state index is 2.47. The summed E-state index contributed by atoms with van der Waals surface area (Å²) in [5.74, 6) is 0.715. The first-order valence-corrected chi connectivity index (χ1v) is 8.96. The Morgan fingerprint density at radius 1 is 1.05 bits per heavy atom. The van der Waals surface area contributed by atoms with Gasteiger partial charge in [0.05, 0.1) is 19.6 Å². The van der Waals surface area contributed by atoms with Crippen molar-refractivity contribution in [1.29, 1.82) is 0 Å². The van der Waals surface area contributed by atoms with Crippen molar-refractivity contribution < 1.29 is 4.48 Å². The molecule has 0 saturated carbocycles. The summed E-state index contributed by atoms with van der Waals surface area (Å²) in [5.41, 5.74) is 4.49. The van der Waals surface area contributed by atoms with Gasteiger partial charge in [-0.1, -0.05) is 39.7 Å². The lowest BCUT2D eigenvalue weighted by Gasteiger charge is -2.45. The molecule has 0 heterocycles. The van der Waals surface area contributed by atoms with E-state index >= 15 is 0 Å². The van der Waals surface area contributed by atoms with Crippen molar-refractivity contribution in [3.05, 3.63) is 22.9 Å². The summed E-state index contributed by atoms with van der Waals surface area (Å²) in [6.45, 7) is 19.7. The second kappa shape index (κ2) is 9.46. The molecule has 0 aliphatic carbocycles. The first-order chi connectivity index (χ1) is 9.76. The third-order valence-corrected chi connectivity index (χ3v) is 5.09. The molecule has 0 aliphatic rings. The number of nitrogens with zero attached hydrogens (tertiary/aromatic N) is 1. The minimum Gasteiger partial charge on any atom is -0.291 e. The summed E-state index contributed by atoms with van der Waals surface area (Å²) in [5, 5.41) is 0. The van der Waals surface area contributed by atoms with E-state index in [1.807, 2.05) is 0 Å². The van der Waals surface area contributed by atoms with Crippen molar-refractivity contribution >= 4 is 0 Å². The van der Waals surface area contributed by atoms with E-state index in [1.54, 1.807) is 5.70 Å². The van der Waals surface area contributed by atoms with Gasteiger partial charge in [0.1, 0.15) is 5.70 Å². The second-order valence-electron chi connectivity index (χ2n) is 7.16. The van der Waals surface area contributed by atoms with Crippen LogP contribution in [0.4, 0.5) is 0 Å². The zero-order chi connectivity index (χ0) is 16.6. The Bertz CT molecular complexity index is 358. The third-order valence-electron chi connectivity index (χ3n) is 5.09. The molecule has 0 N–H and O–H groups in total. The van der Waals surface area contributed by atoms with Crippen LogP contribution >= 0.6 is 0 Å². The van der Waals surface area contributed by atoms with Crippen molar-refractivity contribution in [1.82, 2.24) is 0 Å². The number of unbranched alkanes of at least 4 members (excludes halogenated alkanes) is 1. The summed E-state index contributed by atoms with van der Waals surface area (Å²) < 4.78 is 1.09. The van der Waals surface area contributed by atoms with Gasteiger partial charge in [-0.15, -0.1) is 0 Å². The standard InChI is InChI=1S/C20H40N/c1-10-13-15-19(17(6)7)21(9,12-3)20(14-11-2)18(8)16(4)5/h14,17,19H,10-13,15H2,1-9H3/q+1/b20-14-. The van der Waals surface area contributed by atoms with Gasteiger partial charge in [-0.25, -0.2) is 0 Å². The average Bonchev–Trinajstić information content (AvgIpc) is 2.43. The molecule has 0 aliphatic heterocycles. The highest BCUT2D eigenvalue weighted by Gasteiger charge is 2.37. The van der Waals surface area contributed by atoms with Crippen molar-refractivity contribution in [2.24, 2.45) is 5.92 Å². The Morgan fingerprint density at radius 3 is 1.95 bits per heavy atom. The number of rotatable bonds is 9. The van der Waals surface area contributed by atoms with Crippen LogP contribution < -0.4 is 0 Å². The van der Waals surface area contributed by atoms with Crippen LogP contribution in [0.25, 0.3) is 0 Å². The van der Waals surface area contributed by atoms with Gasteiger partial charge in [-0.3, -0.25) is 4.48 Å². The van der Waals surface area contributed by atoms with E-state index in [0.29, 0.717) is 12.0 Å². The average molecular weight is 295 g/mol. The van der Waals surface area contributed by atoms with Crippen molar-refractivity contribution in [3.8, 4) is 0 Å². The van der Waals surface area contributed by atoms with Gasteiger partial charge in [-0.2, -0.15) is 0 Å². The molecule has 0 aromatic carbocycles. The molecule has 0 aromatic heterocycles. The molecule has 0 rings (SSSR count). The van der Waals surface area contributed by atoms with E-state index < -0.39 is 0 Å². The van der Waals surface area contributed by atoms with E-state index in [2.05, 4.69) is 68.5 Å². The predicted molar refractivity (Wildman–Crippen MR) is 97.3 cm³/mol. The first-order valence-electron chi connectivity index (χ1n) is 8.96. The number of hydrogen-bond donors (Lipinski definition) is 0. The normalized spacial score (nSPS) is 16.8. The highest BCUT2D eigenvalue weighted by atomic mass is 15.4. The summed E-state index contributed by atoms with van der Waals surface area (Å²) in [4.78, 5) is 0. The minimum absolute atomic E-state index is 0.710. The van der Waals surface area contributed by atoms with Gasteiger partial charge in [0.15, 0.2) is 0 Å². The van der Waals surface area contributed by atoms with E-state index in [4.69, 9.17) is 0 Å². The van der Waals surface area contributed by atoms with Crippen LogP contribution in [0.15, 0.2) is 22.9 Å². The van der Waals surface area contributed by atoms with Crippen LogP contribution in [-0.4, -0.2) is 24.1 Å². The fourth-order valence-electron chi connectivity index (χ4n) is 3.47. The molecule has 0 aromatic rings. The van der Waals surface area contributed by atoms with Crippen LogP contribution in [-0.2, 0) is 0 Å². The van der Waals surface area contributed by atoms with Crippen LogP contribution in [0.5, 0.6) is 0 Å². The molecule has 0 bridgehead atoms. The SMILES string of the molecule is CC/C=C(/C(C)=C(C)C)[N+](C)(CC)C(CCCC)C(C)C. The zero-order valence-electron chi connectivity index (χ0n) is 16.2. The van der Waals surface area contributed by atoms with Gasteiger partial charge in [0.2, 0.25) is 0 Å². The topological polar surface area (TPSA) is 0 Å². The molecule has 0 spiro atoms. The molecule has 2 unspecified atom stereocenters. The van der Waals surface area contributed by atoms with Crippen LogP contribution in [0.1, 0.15) is 81.1 Å². The molecular weight excluding hydrogens is 254 g/mol. The van der Waals surface area contributed by atoms with Gasteiger partial charge in [-0.05, 0) is 46.6 Å². The Balaban J connectivity index is 5.83. The van der Waals surface area contributed by atoms with Crippen molar-refractivity contribution in [2.45, 2.75) is 87.1 Å². The Hall–Kier alpha value is -0.560. The summed E-state index contributed by atoms with van der Waals surface area (Å²) in [6, 6.07) is 0.710. The monoisotopic (exact) mass is 294 g/mol. The number of likely N-dealkylation sites (N-methyl/N-ethyl adjacent to an activating group) is 1. The Morgan fingerprint density at radius 2 is 1.62 bits per heavy atom. The van der Waals surface area contributed by atoms with Crippen LogP contribution in [0.3, 0.4) is 0 Å². The molecular formula is C20H40N+. The first kappa shape index (κ1) is 20.4. The lowest BCUT2D eigenvalue weighted by Crippen LogP contribution is -2.54. The van der Waals surface area contributed by atoms with E-state index in [0.717, 1.165) is 10.9 Å². The van der Waals surface area contributed by atoms with Gasteiger partial charge >= 0.3 is 0 Å². The molecule has 0 fully saturated rings. The summed E-state index contributed by atoms with van der Waals surface area (Å²) in [7, 11) is 2.45. The molecule has 0 radical (unpaired) electrons. The molecule has 0 amide bonds. The van der Waals surface area contributed by atoms with Crippen LogP contribution in [0, 0.1) is 5.92 Å². The largest absolute Gasteiger partial charge is 0.291 e. The van der Waals surface area contributed by atoms with Gasteiger partial charge < -0.3 is 0 Å². The molecule has 0 saturated heterocycles. The second-order valence-corrected chi connectivity index (χ2v) is 7.16. The molecule has 1 nitrogen and oxygen atoms in total. The fraction of sp³-hybridized carbons (Fsp3) is 0.800. The summed E-state index contributed by atoms with van der Waals surface area (Å²) >= 11 is 0. The highest BCUT2D eigenvalue weighted by molar-refractivity contribution is 5.27. The smallest absolute Gasteiger partial charge is 0.131 e. The third kappa shape index (κ3) is 5.29. The maximum absolute atomic E-state index is 2.47. The molecule has 2 atom stereocenters.